The molecule has 142 valence electrons. The van der Waals surface area contributed by atoms with E-state index in [0.29, 0.717) is 11.6 Å². The molecule has 0 aliphatic carbocycles. The van der Waals surface area contributed by atoms with Gasteiger partial charge in [-0.3, -0.25) is 4.98 Å². The minimum atomic E-state index is 0.660. The summed E-state index contributed by atoms with van der Waals surface area (Å²) in [6.07, 6.45) is 4.80. The molecule has 0 saturated carbocycles. The Bertz CT molecular complexity index is 1280. The number of pyridine rings is 2. The summed E-state index contributed by atoms with van der Waals surface area (Å²) in [5.41, 5.74) is 7.05. The van der Waals surface area contributed by atoms with Crippen molar-refractivity contribution in [2.45, 2.75) is 20.3 Å². The zero-order valence-corrected chi connectivity index (χ0v) is 16.6. The first kappa shape index (κ1) is 17.6. The number of para-hydroxylation sites is 1. The maximum Gasteiger partial charge on any atom is 0.227 e. The van der Waals surface area contributed by atoms with E-state index >= 15 is 0 Å². The molecule has 29 heavy (non-hydrogen) atoms. The number of fused-ring (bicyclic) bond motifs is 3. The van der Waals surface area contributed by atoms with E-state index in [9.17, 15) is 0 Å². The van der Waals surface area contributed by atoms with Gasteiger partial charge in [0.15, 0.2) is 0 Å². The summed E-state index contributed by atoms with van der Waals surface area (Å²) in [7, 11) is 0. The standard InChI is InChI=1S/C26H22N2O/c1-17(2)15-18-8-10-19(11-9-18)20-12-13-24(28-16-20)23-6-3-5-21-22-7-4-14-27-26(22)29-25(21)23/h3-14,16-17H,15H2,1-2H3. The lowest BCUT2D eigenvalue weighted by Gasteiger charge is -2.07. The number of rotatable bonds is 4. The van der Waals surface area contributed by atoms with Crippen LogP contribution in [0.4, 0.5) is 0 Å². The molecule has 0 unspecified atom stereocenters. The fourth-order valence-electron chi connectivity index (χ4n) is 3.86. The Balaban J connectivity index is 1.50. The number of hydrogen-bond donors (Lipinski definition) is 0. The number of nitrogens with zero attached hydrogens (tertiary/aromatic N) is 2. The highest BCUT2D eigenvalue weighted by Gasteiger charge is 2.13. The molecule has 0 bridgehead atoms. The van der Waals surface area contributed by atoms with Crippen molar-refractivity contribution in [3.05, 3.63) is 84.7 Å². The molecule has 2 aromatic carbocycles. The monoisotopic (exact) mass is 378 g/mol. The van der Waals surface area contributed by atoms with Crippen molar-refractivity contribution >= 4 is 22.1 Å². The van der Waals surface area contributed by atoms with Crippen LogP contribution in [0.5, 0.6) is 0 Å². The molecule has 5 rings (SSSR count). The van der Waals surface area contributed by atoms with E-state index in [1.807, 2.05) is 30.5 Å². The van der Waals surface area contributed by atoms with Gasteiger partial charge in [0.05, 0.1) is 5.69 Å². The van der Waals surface area contributed by atoms with Crippen molar-refractivity contribution in [3.8, 4) is 22.4 Å². The van der Waals surface area contributed by atoms with E-state index < -0.39 is 0 Å². The summed E-state index contributed by atoms with van der Waals surface area (Å²) in [6, 6.07) is 23.1. The van der Waals surface area contributed by atoms with Gasteiger partial charge in [-0.05, 0) is 47.7 Å². The maximum absolute atomic E-state index is 6.05. The highest BCUT2D eigenvalue weighted by molar-refractivity contribution is 6.08. The van der Waals surface area contributed by atoms with Crippen molar-refractivity contribution in [1.82, 2.24) is 9.97 Å². The lowest BCUT2D eigenvalue weighted by atomic mass is 9.99. The zero-order valence-electron chi connectivity index (χ0n) is 16.6. The fourth-order valence-corrected chi connectivity index (χ4v) is 3.86. The Kier molecular flexibility index (Phi) is 4.36. The third kappa shape index (κ3) is 3.29. The molecule has 0 saturated heterocycles. The van der Waals surface area contributed by atoms with Gasteiger partial charge in [0.1, 0.15) is 5.58 Å². The van der Waals surface area contributed by atoms with Gasteiger partial charge in [-0.15, -0.1) is 0 Å². The fraction of sp³-hybridized carbons (Fsp3) is 0.154. The molecular weight excluding hydrogens is 356 g/mol. The lowest BCUT2D eigenvalue weighted by molar-refractivity contribution is 0.647. The second-order valence-corrected chi connectivity index (χ2v) is 7.87. The van der Waals surface area contributed by atoms with Gasteiger partial charge in [0.2, 0.25) is 5.71 Å². The van der Waals surface area contributed by atoms with Crippen LogP contribution < -0.4 is 0 Å². The van der Waals surface area contributed by atoms with Gasteiger partial charge >= 0.3 is 0 Å². The molecule has 0 radical (unpaired) electrons. The van der Waals surface area contributed by atoms with E-state index in [4.69, 9.17) is 9.40 Å². The molecule has 0 amide bonds. The van der Waals surface area contributed by atoms with Crippen molar-refractivity contribution in [2.75, 3.05) is 0 Å². The molecular formula is C26H22N2O. The molecule has 0 N–H and O–H groups in total. The molecule has 0 fully saturated rings. The highest BCUT2D eigenvalue weighted by atomic mass is 16.3. The van der Waals surface area contributed by atoms with Crippen molar-refractivity contribution < 1.29 is 4.42 Å². The second-order valence-electron chi connectivity index (χ2n) is 7.87. The Morgan fingerprint density at radius 1 is 0.793 bits per heavy atom. The molecule has 3 heteroatoms. The summed E-state index contributed by atoms with van der Waals surface area (Å²) in [6.45, 7) is 4.49. The molecule has 5 aromatic rings. The first-order chi connectivity index (χ1) is 14.2. The molecule has 3 aromatic heterocycles. The normalized spacial score (nSPS) is 11.6. The van der Waals surface area contributed by atoms with Gasteiger partial charge in [0, 0.05) is 34.3 Å². The zero-order chi connectivity index (χ0) is 19.8. The third-order valence-corrected chi connectivity index (χ3v) is 5.25. The van der Waals surface area contributed by atoms with E-state index in [2.05, 4.69) is 61.3 Å². The van der Waals surface area contributed by atoms with Crippen LogP contribution in [0.3, 0.4) is 0 Å². The predicted octanol–water partition coefficient (Wildman–Crippen LogP) is 6.91. The quantitative estimate of drug-likeness (QED) is 0.341. The Morgan fingerprint density at radius 3 is 2.34 bits per heavy atom. The summed E-state index contributed by atoms with van der Waals surface area (Å²) in [5.74, 6) is 0.665. The largest absolute Gasteiger partial charge is 0.437 e. The summed E-state index contributed by atoms with van der Waals surface area (Å²) in [5, 5.41) is 2.10. The van der Waals surface area contributed by atoms with Gasteiger partial charge in [-0.2, -0.15) is 0 Å². The van der Waals surface area contributed by atoms with E-state index in [1.165, 1.54) is 11.1 Å². The van der Waals surface area contributed by atoms with Crippen LogP contribution in [0.2, 0.25) is 0 Å². The molecule has 3 nitrogen and oxygen atoms in total. The minimum absolute atomic E-state index is 0.660. The molecule has 3 heterocycles. The number of furan rings is 1. The number of aromatic nitrogens is 2. The van der Waals surface area contributed by atoms with Gasteiger partial charge in [-0.1, -0.05) is 56.3 Å². The average molecular weight is 378 g/mol. The maximum atomic E-state index is 6.05. The minimum Gasteiger partial charge on any atom is -0.437 e. The molecule has 0 atom stereocenters. The Labute approximate surface area is 170 Å². The van der Waals surface area contributed by atoms with Gasteiger partial charge in [0.25, 0.3) is 0 Å². The van der Waals surface area contributed by atoms with Crippen LogP contribution in [-0.2, 0) is 6.42 Å². The summed E-state index contributed by atoms with van der Waals surface area (Å²) >= 11 is 0. The molecule has 0 aliphatic rings. The molecule has 0 aliphatic heterocycles. The summed E-state index contributed by atoms with van der Waals surface area (Å²) in [4.78, 5) is 9.08. The number of hydrogen-bond acceptors (Lipinski definition) is 3. The lowest BCUT2D eigenvalue weighted by Crippen LogP contribution is -1.93. The average Bonchev–Trinajstić information content (AvgIpc) is 3.13. The van der Waals surface area contributed by atoms with Crippen LogP contribution in [0, 0.1) is 5.92 Å². The topological polar surface area (TPSA) is 38.9 Å². The Hall–Kier alpha value is -3.46. The van der Waals surface area contributed by atoms with Gasteiger partial charge < -0.3 is 4.42 Å². The van der Waals surface area contributed by atoms with E-state index in [1.54, 1.807) is 6.20 Å². The van der Waals surface area contributed by atoms with E-state index in [0.717, 1.165) is 39.6 Å². The van der Waals surface area contributed by atoms with Crippen LogP contribution in [0.25, 0.3) is 44.5 Å². The van der Waals surface area contributed by atoms with Crippen LogP contribution in [0.1, 0.15) is 19.4 Å². The first-order valence-corrected chi connectivity index (χ1v) is 10.0. The SMILES string of the molecule is CC(C)Cc1ccc(-c2ccc(-c3cccc4c3oc3ncccc34)nc2)cc1. The van der Waals surface area contributed by atoms with Crippen LogP contribution >= 0.6 is 0 Å². The predicted molar refractivity (Wildman–Crippen MR) is 119 cm³/mol. The van der Waals surface area contributed by atoms with Crippen molar-refractivity contribution in [3.63, 3.8) is 0 Å². The smallest absolute Gasteiger partial charge is 0.227 e. The third-order valence-electron chi connectivity index (χ3n) is 5.25. The number of benzene rings is 2. The van der Waals surface area contributed by atoms with Crippen molar-refractivity contribution in [1.29, 1.82) is 0 Å². The molecule has 0 spiro atoms. The summed E-state index contributed by atoms with van der Waals surface area (Å²) < 4.78 is 6.05. The van der Waals surface area contributed by atoms with Crippen LogP contribution in [-0.4, -0.2) is 9.97 Å². The van der Waals surface area contributed by atoms with Crippen molar-refractivity contribution in [2.24, 2.45) is 5.92 Å². The van der Waals surface area contributed by atoms with Crippen LogP contribution in [0.15, 0.2) is 83.5 Å². The first-order valence-electron chi connectivity index (χ1n) is 10.0. The highest BCUT2D eigenvalue weighted by Crippen LogP contribution is 2.34. The van der Waals surface area contributed by atoms with E-state index in [-0.39, 0.29) is 0 Å². The van der Waals surface area contributed by atoms with Gasteiger partial charge in [-0.25, -0.2) is 4.98 Å². The second kappa shape index (κ2) is 7.17. The Morgan fingerprint density at radius 2 is 1.59 bits per heavy atom.